The topological polar surface area (TPSA) is 136 Å². The number of morpholine rings is 1. The molecule has 168 valence electrons. The number of amides is 1. The molecule has 1 saturated carbocycles. The van der Waals surface area contributed by atoms with Gasteiger partial charge in [0.25, 0.3) is 0 Å². The summed E-state index contributed by atoms with van der Waals surface area (Å²) in [4.78, 5) is 21.4. The fourth-order valence-electron chi connectivity index (χ4n) is 3.63. The lowest BCUT2D eigenvalue weighted by Crippen LogP contribution is -2.36. The van der Waals surface area contributed by atoms with Crippen LogP contribution in [0, 0.1) is 11.8 Å². The Labute approximate surface area is 200 Å². The molecule has 1 saturated heterocycles. The number of carbonyl (C=O) groups excluding carboxylic acids is 1. The summed E-state index contributed by atoms with van der Waals surface area (Å²) >= 11 is 0. The predicted molar refractivity (Wildman–Crippen MR) is 123 cm³/mol. The van der Waals surface area contributed by atoms with Crippen LogP contribution in [0.25, 0.3) is 27.9 Å². The Morgan fingerprint density at radius 3 is 2.91 bits per heavy atom. The van der Waals surface area contributed by atoms with Gasteiger partial charge in [0.2, 0.25) is 5.91 Å². The predicted octanol–water partition coefficient (Wildman–Crippen LogP) is 1.75. The molecule has 3 N–H and O–H groups in total. The standard InChI is InChI=1S/C22H23N9O2/c1-12-8-14(12)22(32)25-17-9-15-16(10-24-20(23)19(15)28-27-17)21-26-18-3-2-13(11-31(18)29-21)30-4-6-33-7-5-30/h2-3,9-12,14H,4-8H2,1H3,(H2,23,24)(H,25,27,32)/t12-,14+/m1/s1/i4D2,5D2,6D2,7D2. The number of ether oxygens (including phenoxy) is 1. The van der Waals surface area contributed by atoms with Gasteiger partial charge in [0, 0.05) is 36.1 Å². The van der Waals surface area contributed by atoms with E-state index in [9.17, 15) is 4.79 Å². The highest BCUT2D eigenvalue weighted by Gasteiger charge is 2.39. The van der Waals surface area contributed by atoms with Crippen LogP contribution in [0.4, 0.5) is 17.3 Å². The molecular formula is C22H23N9O2. The van der Waals surface area contributed by atoms with Crippen molar-refractivity contribution in [2.75, 3.05) is 42.1 Å². The Balaban J connectivity index is 1.43. The van der Waals surface area contributed by atoms with Crippen molar-refractivity contribution in [3.05, 3.63) is 30.6 Å². The molecule has 0 radical (unpaired) electrons. The molecule has 2 aliphatic rings. The van der Waals surface area contributed by atoms with Crippen LogP contribution in [0.2, 0.25) is 0 Å². The van der Waals surface area contributed by atoms with Crippen LogP contribution in [0.3, 0.4) is 0 Å². The van der Waals surface area contributed by atoms with Crippen LogP contribution in [-0.2, 0) is 9.53 Å². The second-order valence-electron chi connectivity index (χ2n) is 7.85. The van der Waals surface area contributed by atoms with E-state index in [0.717, 1.165) is 6.42 Å². The zero-order valence-corrected chi connectivity index (χ0v) is 17.3. The first-order valence-corrected chi connectivity index (χ1v) is 10.1. The number of hydrogen-bond donors (Lipinski definition) is 2. The molecular weight excluding hydrogens is 422 g/mol. The first-order valence-electron chi connectivity index (χ1n) is 14.1. The van der Waals surface area contributed by atoms with Crippen molar-refractivity contribution >= 4 is 39.8 Å². The smallest absolute Gasteiger partial charge is 0.228 e. The number of nitrogens with one attached hydrogen (secondary N) is 1. The Bertz CT molecular complexity index is 1700. The molecule has 0 bridgehead atoms. The molecule has 5 heterocycles. The van der Waals surface area contributed by atoms with Gasteiger partial charge in [-0.1, -0.05) is 6.92 Å². The summed E-state index contributed by atoms with van der Waals surface area (Å²) < 4.78 is 70.8. The Kier molecular flexibility index (Phi) is 3.00. The number of nitrogens with two attached hydrogens (primary N) is 1. The van der Waals surface area contributed by atoms with Crippen molar-refractivity contribution in [2.24, 2.45) is 11.8 Å². The van der Waals surface area contributed by atoms with Crippen molar-refractivity contribution in [2.45, 2.75) is 13.3 Å². The second kappa shape index (κ2) is 7.62. The fraction of sp³-hybridized carbons (Fsp3) is 0.364. The van der Waals surface area contributed by atoms with Gasteiger partial charge < -0.3 is 20.7 Å². The maximum Gasteiger partial charge on any atom is 0.228 e. The third-order valence-corrected chi connectivity index (χ3v) is 5.59. The van der Waals surface area contributed by atoms with E-state index >= 15 is 0 Å². The van der Waals surface area contributed by atoms with Crippen LogP contribution in [0.1, 0.15) is 24.3 Å². The van der Waals surface area contributed by atoms with E-state index < -0.39 is 26.1 Å². The fourth-order valence-corrected chi connectivity index (χ4v) is 3.63. The molecule has 6 rings (SSSR count). The molecule has 1 aliphatic heterocycles. The number of rotatable bonds is 4. The first-order chi connectivity index (χ1) is 19.0. The molecule has 2 atom stereocenters. The molecule has 4 aromatic heterocycles. The van der Waals surface area contributed by atoms with Crippen LogP contribution in [-0.4, -0.2) is 61.8 Å². The number of nitrogens with zero attached hydrogens (tertiary/aromatic N) is 7. The largest absolute Gasteiger partial charge is 0.382 e. The van der Waals surface area contributed by atoms with Gasteiger partial charge in [0.05, 0.1) is 36.0 Å². The average Bonchev–Trinajstić information content (AvgIpc) is 3.45. The van der Waals surface area contributed by atoms with Crippen molar-refractivity contribution in [3.63, 3.8) is 0 Å². The van der Waals surface area contributed by atoms with E-state index in [1.165, 1.54) is 29.0 Å². The van der Waals surface area contributed by atoms with Gasteiger partial charge in [-0.2, -0.15) is 0 Å². The van der Waals surface area contributed by atoms with E-state index in [1.54, 1.807) is 6.07 Å². The normalized spacial score (nSPS) is 30.0. The molecule has 11 nitrogen and oxygen atoms in total. The first kappa shape index (κ1) is 13.0. The quantitative estimate of drug-likeness (QED) is 0.473. The van der Waals surface area contributed by atoms with Crippen molar-refractivity contribution in [3.8, 4) is 11.4 Å². The van der Waals surface area contributed by atoms with Crippen LogP contribution in [0.15, 0.2) is 30.6 Å². The van der Waals surface area contributed by atoms with Crippen molar-refractivity contribution in [1.82, 2.24) is 29.8 Å². The maximum absolute atomic E-state index is 12.4. The number of anilines is 3. The summed E-state index contributed by atoms with van der Waals surface area (Å²) in [5, 5.41) is 15.8. The van der Waals surface area contributed by atoms with Gasteiger partial charge in [-0.15, -0.1) is 15.3 Å². The van der Waals surface area contributed by atoms with Crippen LogP contribution in [0.5, 0.6) is 0 Å². The van der Waals surface area contributed by atoms with Gasteiger partial charge in [-0.25, -0.2) is 14.5 Å². The highest BCUT2D eigenvalue weighted by molar-refractivity contribution is 6.00. The summed E-state index contributed by atoms with van der Waals surface area (Å²) in [5.41, 5.74) is 6.68. The molecule has 0 spiro atoms. The lowest BCUT2D eigenvalue weighted by atomic mass is 10.1. The SMILES string of the molecule is [2H]C1([2H])OC([2H])([2H])C([2H])([2H])N(c2ccc3nc(-c4cnc(N)c5nnc(NC(=O)[C@H]6C[C@H]6C)cc45)nn3c2)C1([2H])[2H]. The number of aromatic nitrogens is 6. The van der Waals surface area contributed by atoms with Gasteiger partial charge >= 0.3 is 0 Å². The molecule has 1 amide bonds. The van der Waals surface area contributed by atoms with Gasteiger partial charge in [0.15, 0.2) is 23.1 Å². The molecule has 4 aromatic rings. The lowest BCUT2D eigenvalue weighted by molar-refractivity contribution is -0.117. The maximum atomic E-state index is 12.4. The van der Waals surface area contributed by atoms with E-state index in [-0.39, 0.29) is 46.1 Å². The zero-order valence-electron chi connectivity index (χ0n) is 25.3. The third kappa shape index (κ3) is 3.59. The van der Waals surface area contributed by atoms with E-state index in [2.05, 4.69) is 35.3 Å². The molecule has 0 unspecified atom stereocenters. The molecule has 11 heteroatoms. The van der Waals surface area contributed by atoms with Gasteiger partial charge in [0.1, 0.15) is 5.52 Å². The minimum atomic E-state index is -3.20. The van der Waals surface area contributed by atoms with E-state index in [4.69, 9.17) is 16.7 Å². The molecule has 33 heavy (non-hydrogen) atoms. The van der Waals surface area contributed by atoms with Gasteiger partial charge in [-0.3, -0.25) is 4.79 Å². The number of hydrogen-bond acceptors (Lipinski definition) is 9. The van der Waals surface area contributed by atoms with Crippen molar-refractivity contribution in [1.29, 1.82) is 0 Å². The second-order valence-corrected chi connectivity index (χ2v) is 7.85. The Morgan fingerprint density at radius 2 is 2.12 bits per heavy atom. The average molecular weight is 454 g/mol. The number of pyridine rings is 2. The minimum Gasteiger partial charge on any atom is -0.382 e. The van der Waals surface area contributed by atoms with E-state index in [1.807, 2.05) is 6.92 Å². The van der Waals surface area contributed by atoms with Gasteiger partial charge in [-0.05, 0) is 30.5 Å². The Morgan fingerprint density at radius 1 is 1.30 bits per heavy atom. The van der Waals surface area contributed by atoms with E-state index in [0.29, 0.717) is 21.8 Å². The third-order valence-electron chi connectivity index (χ3n) is 5.59. The number of fused-ring (bicyclic) bond motifs is 2. The summed E-state index contributed by atoms with van der Waals surface area (Å²) in [5.74, 6) is 0.490. The zero-order chi connectivity index (χ0) is 29.7. The minimum absolute atomic E-state index is 0.0851. The lowest BCUT2D eigenvalue weighted by Gasteiger charge is -2.28. The summed E-state index contributed by atoms with van der Waals surface area (Å²) in [6, 6.07) is 4.25. The summed E-state index contributed by atoms with van der Waals surface area (Å²) in [6.07, 6.45) is 3.42. The number of nitrogen functional groups attached to an aromatic ring is 1. The van der Waals surface area contributed by atoms with Crippen LogP contribution >= 0.6 is 0 Å². The molecule has 1 aliphatic carbocycles. The number of carbonyl (C=O) groups is 1. The van der Waals surface area contributed by atoms with Crippen molar-refractivity contribution < 1.29 is 20.5 Å². The summed E-state index contributed by atoms with van der Waals surface area (Å²) in [7, 11) is 0. The molecule has 0 aromatic carbocycles. The highest BCUT2D eigenvalue weighted by Crippen LogP contribution is 2.38. The Hall–Kier alpha value is -3.86. The highest BCUT2D eigenvalue weighted by atomic mass is 16.5. The molecule has 2 fully saturated rings. The summed E-state index contributed by atoms with van der Waals surface area (Å²) in [6.45, 7) is -10.7. The van der Waals surface area contributed by atoms with Crippen LogP contribution < -0.4 is 16.0 Å². The monoisotopic (exact) mass is 453 g/mol.